The Kier molecular flexibility index (Phi) is 6.92. The smallest absolute Gasteiger partial charge is 0.252 e. The van der Waals surface area contributed by atoms with E-state index in [0.29, 0.717) is 12.1 Å². The van der Waals surface area contributed by atoms with Crippen LogP contribution in [0.3, 0.4) is 0 Å². The van der Waals surface area contributed by atoms with E-state index in [1.165, 1.54) is 24.3 Å². The molecule has 0 atom stereocenters. The molecule has 1 rings (SSSR count). The molecule has 0 unspecified atom stereocenters. The molecule has 0 saturated carbocycles. The standard InChI is InChI=1S/C15H20N2O3S/c1-3-5-6-12-17-21(19,20)14-9-7-13(8-10-14)15(18)16-11-4-2/h2,7-10,17H,3,5-6,11-12H2,1H3,(H,16,18). The van der Waals surface area contributed by atoms with Crippen LogP contribution in [0, 0.1) is 12.3 Å². The summed E-state index contributed by atoms with van der Waals surface area (Å²) in [4.78, 5) is 11.8. The van der Waals surface area contributed by atoms with Crippen molar-refractivity contribution in [3.8, 4) is 12.3 Å². The zero-order valence-corrected chi connectivity index (χ0v) is 12.9. The van der Waals surface area contributed by atoms with Crippen LogP contribution in [0.4, 0.5) is 0 Å². The molecule has 0 aliphatic heterocycles. The Hall–Kier alpha value is -1.84. The number of carbonyl (C=O) groups excluding carboxylic acids is 1. The number of nitrogens with one attached hydrogen (secondary N) is 2. The van der Waals surface area contributed by atoms with Gasteiger partial charge in [0.15, 0.2) is 0 Å². The van der Waals surface area contributed by atoms with Crippen molar-refractivity contribution >= 4 is 15.9 Å². The molecule has 114 valence electrons. The van der Waals surface area contributed by atoms with Gasteiger partial charge in [-0.05, 0) is 30.7 Å². The van der Waals surface area contributed by atoms with Crippen molar-refractivity contribution in [2.24, 2.45) is 0 Å². The van der Waals surface area contributed by atoms with Crippen LogP contribution in [0.15, 0.2) is 29.2 Å². The van der Waals surface area contributed by atoms with Crippen LogP contribution in [0.5, 0.6) is 0 Å². The van der Waals surface area contributed by atoms with E-state index in [2.05, 4.69) is 22.9 Å². The molecule has 1 amide bonds. The van der Waals surface area contributed by atoms with Crippen molar-refractivity contribution in [1.29, 1.82) is 0 Å². The molecule has 0 fully saturated rings. The van der Waals surface area contributed by atoms with Gasteiger partial charge in [-0.3, -0.25) is 4.79 Å². The Bertz CT molecular complexity index is 601. The fourth-order valence-electron chi connectivity index (χ4n) is 1.68. The average Bonchev–Trinajstić information content (AvgIpc) is 2.49. The Balaban J connectivity index is 2.68. The summed E-state index contributed by atoms with van der Waals surface area (Å²) in [6.45, 7) is 2.61. The SMILES string of the molecule is C#CCNC(=O)c1ccc(S(=O)(=O)NCCCCC)cc1. The van der Waals surface area contributed by atoms with Gasteiger partial charge in [0.2, 0.25) is 10.0 Å². The van der Waals surface area contributed by atoms with Gasteiger partial charge in [0.05, 0.1) is 11.4 Å². The van der Waals surface area contributed by atoms with Gasteiger partial charge in [0.1, 0.15) is 0 Å². The summed E-state index contributed by atoms with van der Waals surface area (Å²) in [7, 11) is -3.51. The summed E-state index contributed by atoms with van der Waals surface area (Å²) < 4.78 is 26.6. The second-order valence-electron chi connectivity index (χ2n) is 4.52. The van der Waals surface area contributed by atoms with Crippen LogP contribution in [0.2, 0.25) is 0 Å². The molecule has 5 nitrogen and oxygen atoms in total. The predicted octanol–water partition coefficient (Wildman–Crippen LogP) is 1.52. The van der Waals surface area contributed by atoms with E-state index in [1.807, 2.05) is 0 Å². The van der Waals surface area contributed by atoms with Crippen LogP contribution in [0.1, 0.15) is 36.5 Å². The first-order valence-electron chi connectivity index (χ1n) is 6.82. The topological polar surface area (TPSA) is 75.3 Å². The fourth-order valence-corrected chi connectivity index (χ4v) is 2.76. The first-order chi connectivity index (χ1) is 10.0. The molecule has 0 heterocycles. The van der Waals surface area contributed by atoms with E-state index in [-0.39, 0.29) is 17.3 Å². The van der Waals surface area contributed by atoms with Crippen LogP contribution >= 0.6 is 0 Å². The lowest BCUT2D eigenvalue weighted by Crippen LogP contribution is -2.25. The molecule has 21 heavy (non-hydrogen) atoms. The van der Waals surface area contributed by atoms with Crippen molar-refractivity contribution in [2.75, 3.05) is 13.1 Å². The second kappa shape index (κ2) is 8.45. The van der Waals surface area contributed by atoms with Gasteiger partial charge >= 0.3 is 0 Å². The van der Waals surface area contributed by atoms with Crippen molar-refractivity contribution in [3.05, 3.63) is 29.8 Å². The van der Waals surface area contributed by atoms with Crippen LogP contribution in [-0.2, 0) is 10.0 Å². The van der Waals surface area contributed by atoms with Gasteiger partial charge < -0.3 is 5.32 Å². The van der Waals surface area contributed by atoms with Crippen LogP contribution < -0.4 is 10.0 Å². The minimum absolute atomic E-state index is 0.137. The average molecular weight is 308 g/mol. The largest absolute Gasteiger partial charge is 0.341 e. The van der Waals surface area contributed by atoms with E-state index >= 15 is 0 Å². The maximum atomic E-state index is 12.0. The fraction of sp³-hybridized carbons (Fsp3) is 0.400. The maximum absolute atomic E-state index is 12.0. The summed E-state index contributed by atoms with van der Waals surface area (Å²) in [5.74, 6) is 1.97. The van der Waals surface area contributed by atoms with Gasteiger partial charge in [0, 0.05) is 12.1 Å². The third kappa shape index (κ3) is 5.58. The molecule has 0 bridgehead atoms. The first kappa shape index (κ1) is 17.2. The lowest BCUT2D eigenvalue weighted by molar-refractivity contribution is 0.0958. The highest BCUT2D eigenvalue weighted by Crippen LogP contribution is 2.10. The highest BCUT2D eigenvalue weighted by Gasteiger charge is 2.14. The molecule has 1 aromatic rings. The molecule has 0 saturated heterocycles. The number of rotatable bonds is 8. The van der Waals surface area contributed by atoms with Crippen LogP contribution in [-0.4, -0.2) is 27.4 Å². The highest BCUT2D eigenvalue weighted by molar-refractivity contribution is 7.89. The number of terminal acetylenes is 1. The van der Waals surface area contributed by atoms with Crippen LogP contribution in [0.25, 0.3) is 0 Å². The van der Waals surface area contributed by atoms with E-state index in [1.54, 1.807) is 0 Å². The monoisotopic (exact) mass is 308 g/mol. The molecular weight excluding hydrogens is 288 g/mol. The maximum Gasteiger partial charge on any atom is 0.252 e. The predicted molar refractivity (Wildman–Crippen MR) is 82.3 cm³/mol. The second-order valence-corrected chi connectivity index (χ2v) is 6.28. The van der Waals surface area contributed by atoms with Crippen molar-refractivity contribution < 1.29 is 13.2 Å². The molecule has 1 aromatic carbocycles. The quantitative estimate of drug-likeness (QED) is 0.565. The summed E-state index contributed by atoms with van der Waals surface area (Å²) in [6.07, 6.45) is 7.87. The van der Waals surface area contributed by atoms with E-state index < -0.39 is 10.0 Å². The first-order valence-corrected chi connectivity index (χ1v) is 8.31. The van der Waals surface area contributed by atoms with Gasteiger partial charge in [-0.2, -0.15) is 0 Å². The molecule has 0 aliphatic rings. The number of unbranched alkanes of at least 4 members (excludes halogenated alkanes) is 2. The van der Waals surface area contributed by atoms with Crippen molar-refractivity contribution in [3.63, 3.8) is 0 Å². The number of carbonyl (C=O) groups is 1. The Morgan fingerprint density at radius 1 is 1.24 bits per heavy atom. The minimum atomic E-state index is -3.51. The van der Waals surface area contributed by atoms with E-state index in [0.717, 1.165) is 19.3 Å². The van der Waals surface area contributed by atoms with E-state index in [4.69, 9.17) is 6.42 Å². The third-order valence-electron chi connectivity index (χ3n) is 2.85. The van der Waals surface area contributed by atoms with Crippen molar-refractivity contribution in [2.45, 2.75) is 31.1 Å². The molecule has 6 heteroatoms. The van der Waals surface area contributed by atoms with Gasteiger partial charge in [-0.15, -0.1) is 6.42 Å². The molecule has 0 aromatic heterocycles. The van der Waals surface area contributed by atoms with Gasteiger partial charge in [0.25, 0.3) is 5.91 Å². The Morgan fingerprint density at radius 3 is 2.48 bits per heavy atom. The summed E-state index contributed by atoms with van der Waals surface area (Å²) in [5, 5.41) is 2.52. The molecule has 0 spiro atoms. The van der Waals surface area contributed by atoms with E-state index in [9.17, 15) is 13.2 Å². The van der Waals surface area contributed by atoms with Crippen molar-refractivity contribution in [1.82, 2.24) is 10.0 Å². The third-order valence-corrected chi connectivity index (χ3v) is 4.33. The summed E-state index contributed by atoms with van der Waals surface area (Å²) in [6, 6.07) is 5.75. The molecule has 2 N–H and O–H groups in total. The number of benzene rings is 1. The molecule has 0 radical (unpaired) electrons. The number of hydrogen-bond acceptors (Lipinski definition) is 3. The van der Waals surface area contributed by atoms with Gasteiger partial charge in [-0.1, -0.05) is 25.7 Å². The number of sulfonamides is 1. The Labute approximate surface area is 126 Å². The number of amides is 1. The lowest BCUT2D eigenvalue weighted by Gasteiger charge is -2.07. The molecular formula is C15H20N2O3S. The van der Waals surface area contributed by atoms with Gasteiger partial charge in [-0.25, -0.2) is 13.1 Å². The lowest BCUT2D eigenvalue weighted by atomic mass is 10.2. The minimum Gasteiger partial charge on any atom is -0.341 e. The zero-order valence-electron chi connectivity index (χ0n) is 12.1. The summed E-state index contributed by atoms with van der Waals surface area (Å²) >= 11 is 0. The zero-order chi connectivity index (χ0) is 15.7. The normalized spacial score (nSPS) is 10.9. The number of hydrogen-bond donors (Lipinski definition) is 2. The molecule has 0 aliphatic carbocycles. The highest BCUT2D eigenvalue weighted by atomic mass is 32.2. The Morgan fingerprint density at radius 2 is 1.90 bits per heavy atom. The summed E-state index contributed by atoms with van der Waals surface area (Å²) in [5.41, 5.74) is 0.371.